The molecule has 5 nitrogen and oxygen atoms in total. The number of thiocarbonyl (C=S) groups is 1. The second kappa shape index (κ2) is 7.11. The average molecular weight is 355 g/mol. The Labute approximate surface area is 152 Å². The minimum absolute atomic E-state index is 0.280. The van der Waals surface area contributed by atoms with E-state index >= 15 is 0 Å². The number of carbonyl (C=O) groups is 1. The van der Waals surface area contributed by atoms with Crippen molar-refractivity contribution in [3.8, 4) is 5.75 Å². The van der Waals surface area contributed by atoms with Gasteiger partial charge in [-0.1, -0.05) is 38.1 Å². The summed E-state index contributed by atoms with van der Waals surface area (Å²) in [5, 5.41) is 3.73. The van der Waals surface area contributed by atoms with E-state index in [0.717, 1.165) is 11.4 Å². The number of amides is 1. The number of hydrogen-bond acceptors (Lipinski definition) is 3. The summed E-state index contributed by atoms with van der Waals surface area (Å²) in [5.41, 5.74) is 8.41. The lowest BCUT2D eigenvalue weighted by Crippen LogP contribution is -2.50. The number of primary amides is 1. The van der Waals surface area contributed by atoms with Crippen LogP contribution in [0.3, 0.4) is 0 Å². The fraction of sp³-hybridized carbons (Fsp3) is 0.263. The summed E-state index contributed by atoms with van der Waals surface area (Å²) < 4.78 is 5.66. The van der Waals surface area contributed by atoms with Crippen molar-refractivity contribution in [2.45, 2.75) is 25.9 Å². The Balaban J connectivity index is 1.82. The number of benzene rings is 2. The highest BCUT2D eigenvalue weighted by Gasteiger charge is 2.31. The first-order valence-electron chi connectivity index (χ1n) is 8.19. The third-order valence-corrected chi connectivity index (χ3v) is 4.49. The molecule has 3 rings (SSSR count). The van der Waals surface area contributed by atoms with Gasteiger partial charge in [-0.25, -0.2) is 0 Å². The van der Waals surface area contributed by atoms with Crippen LogP contribution in [0, 0.1) is 0 Å². The molecule has 6 heteroatoms. The van der Waals surface area contributed by atoms with Gasteiger partial charge in [0.15, 0.2) is 11.2 Å². The molecule has 0 unspecified atom stereocenters. The molecule has 3 N–H and O–H groups in total. The topological polar surface area (TPSA) is 67.6 Å². The normalized spacial score (nSPS) is 16.1. The van der Waals surface area contributed by atoms with Crippen LogP contribution in [0.2, 0.25) is 0 Å². The van der Waals surface area contributed by atoms with Crippen molar-refractivity contribution in [3.63, 3.8) is 0 Å². The highest BCUT2D eigenvalue weighted by atomic mass is 32.1. The lowest BCUT2D eigenvalue weighted by atomic mass is 10.0. The van der Waals surface area contributed by atoms with Crippen molar-refractivity contribution in [1.29, 1.82) is 0 Å². The van der Waals surface area contributed by atoms with Crippen LogP contribution < -0.4 is 20.7 Å². The molecule has 0 saturated heterocycles. The van der Waals surface area contributed by atoms with Gasteiger partial charge in [-0.2, -0.15) is 0 Å². The van der Waals surface area contributed by atoms with Crippen molar-refractivity contribution in [3.05, 3.63) is 54.1 Å². The molecule has 2 aromatic rings. The number of nitrogens with two attached hydrogens (primary N) is 1. The zero-order valence-electron chi connectivity index (χ0n) is 14.2. The monoisotopic (exact) mass is 355 g/mol. The first kappa shape index (κ1) is 17.2. The van der Waals surface area contributed by atoms with E-state index in [-0.39, 0.29) is 6.54 Å². The van der Waals surface area contributed by atoms with Gasteiger partial charge in [-0.15, -0.1) is 0 Å². The lowest BCUT2D eigenvalue weighted by Gasteiger charge is -2.35. The van der Waals surface area contributed by atoms with Gasteiger partial charge >= 0.3 is 0 Å². The molecule has 0 aromatic heterocycles. The van der Waals surface area contributed by atoms with E-state index in [4.69, 9.17) is 22.7 Å². The summed E-state index contributed by atoms with van der Waals surface area (Å²) in [6, 6.07) is 15.6. The Kier molecular flexibility index (Phi) is 4.90. The van der Waals surface area contributed by atoms with Crippen LogP contribution in [0.25, 0.3) is 0 Å². The molecule has 1 atom stereocenters. The predicted molar refractivity (Wildman–Crippen MR) is 104 cm³/mol. The van der Waals surface area contributed by atoms with Crippen molar-refractivity contribution < 1.29 is 9.53 Å². The van der Waals surface area contributed by atoms with Crippen LogP contribution in [-0.4, -0.2) is 23.7 Å². The Bertz CT molecular complexity index is 790. The lowest BCUT2D eigenvalue weighted by molar-refractivity contribution is -0.124. The molecule has 0 fully saturated rings. The van der Waals surface area contributed by atoms with Crippen LogP contribution in [0.15, 0.2) is 48.5 Å². The third-order valence-electron chi connectivity index (χ3n) is 4.16. The van der Waals surface area contributed by atoms with Gasteiger partial charge in [-0.3, -0.25) is 4.79 Å². The number of nitrogens with one attached hydrogen (secondary N) is 1. The van der Waals surface area contributed by atoms with E-state index in [1.54, 1.807) is 6.07 Å². The Morgan fingerprint density at radius 3 is 2.56 bits per heavy atom. The van der Waals surface area contributed by atoms with Gasteiger partial charge in [0.2, 0.25) is 0 Å². The molecule has 130 valence electrons. The molecular weight excluding hydrogens is 334 g/mol. The zero-order chi connectivity index (χ0) is 18.0. The molecule has 25 heavy (non-hydrogen) atoms. The first-order chi connectivity index (χ1) is 12.0. The maximum Gasteiger partial charge on any atom is 0.260 e. The Morgan fingerprint density at radius 1 is 1.24 bits per heavy atom. The Morgan fingerprint density at radius 2 is 1.92 bits per heavy atom. The maximum atomic E-state index is 11.6. The van der Waals surface area contributed by atoms with Crippen LogP contribution in [0.5, 0.6) is 5.75 Å². The highest BCUT2D eigenvalue weighted by Crippen LogP contribution is 2.33. The molecule has 1 heterocycles. The molecule has 0 saturated carbocycles. The van der Waals surface area contributed by atoms with Gasteiger partial charge in [0.1, 0.15) is 5.75 Å². The van der Waals surface area contributed by atoms with Crippen LogP contribution in [0.4, 0.5) is 11.4 Å². The van der Waals surface area contributed by atoms with Crippen molar-refractivity contribution >= 4 is 34.6 Å². The fourth-order valence-corrected chi connectivity index (χ4v) is 3.01. The first-order valence-corrected chi connectivity index (χ1v) is 8.60. The quantitative estimate of drug-likeness (QED) is 0.827. The van der Waals surface area contributed by atoms with Gasteiger partial charge < -0.3 is 20.7 Å². The molecule has 0 aliphatic carbocycles. The van der Waals surface area contributed by atoms with E-state index in [1.807, 2.05) is 35.2 Å². The molecule has 1 amide bonds. The van der Waals surface area contributed by atoms with Crippen molar-refractivity contribution in [2.75, 3.05) is 16.8 Å². The van der Waals surface area contributed by atoms with E-state index < -0.39 is 12.0 Å². The Hall–Kier alpha value is -2.60. The van der Waals surface area contributed by atoms with E-state index in [0.29, 0.717) is 16.8 Å². The summed E-state index contributed by atoms with van der Waals surface area (Å²) in [6.07, 6.45) is -0.738. The number of hydrogen-bond donors (Lipinski definition) is 2. The third kappa shape index (κ3) is 3.74. The summed E-state index contributed by atoms with van der Waals surface area (Å²) in [6.45, 7) is 4.59. The maximum absolute atomic E-state index is 11.6. The number of para-hydroxylation sites is 2. The van der Waals surface area contributed by atoms with Crippen LogP contribution >= 0.6 is 12.2 Å². The number of nitrogens with zero attached hydrogens (tertiary/aromatic N) is 1. The molecular formula is C19H21N3O2S. The van der Waals surface area contributed by atoms with E-state index in [9.17, 15) is 4.79 Å². The van der Waals surface area contributed by atoms with Crippen LogP contribution in [0.1, 0.15) is 25.3 Å². The summed E-state index contributed by atoms with van der Waals surface area (Å²) in [7, 11) is 0. The second-order valence-electron chi connectivity index (χ2n) is 6.29. The number of carbonyl (C=O) groups excluding carboxylic acids is 1. The van der Waals surface area contributed by atoms with Gasteiger partial charge in [0.05, 0.1) is 12.2 Å². The van der Waals surface area contributed by atoms with Gasteiger partial charge in [0.25, 0.3) is 5.91 Å². The molecule has 0 radical (unpaired) electrons. The van der Waals surface area contributed by atoms with E-state index in [2.05, 4.69) is 31.3 Å². The minimum atomic E-state index is -0.738. The van der Waals surface area contributed by atoms with Crippen molar-refractivity contribution in [1.82, 2.24) is 0 Å². The summed E-state index contributed by atoms with van der Waals surface area (Å²) in [5.74, 6) is 0.559. The highest BCUT2D eigenvalue weighted by molar-refractivity contribution is 7.80. The fourth-order valence-electron chi connectivity index (χ4n) is 2.72. The molecule has 2 aromatic carbocycles. The molecule has 1 aliphatic heterocycles. The number of ether oxygens (including phenoxy) is 1. The molecule has 0 spiro atoms. The van der Waals surface area contributed by atoms with E-state index in [1.165, 1.54) is 5.56 Å². The van der Waals surface area contributed by atoms with Gasteiger partial charge in [0, 0.05) is 5.69 Å². The van der Waals surface area contributed by atoms with Crippen LogP contribution in [-0.2, 0) is 4.79 Å². The smallest absolute Gasteiger partial charge is 0.260 e. The number of anilines is 2. The molecule has 0 bridgehead atoms. The van der Waals surface area contributed by atoms with Crippen molar-refractivity contribution in [2.24, 2.45) is 5.73 Å². The average Bonchev–Trinajstić information content (AvgIpc) is 2.61. The molecule has 1 aliphatic rings. The number of fused-ring (bicyclic) bond motifs is 1. The predicted octanol–water partition coefficient (Wildman–Crippen LogP) is 3.26. The van der Waals surface area contributed by atoms with Gasteiger partial charge in [-0.05, 0) is 48.0 Å². The summed E-state index contributed by atoms with van der Waals surface area (Å²) in [4.78, 5) is 13.4. The largest absolute Gasteiger partial charge is 0.477 e. The second-order valence-corrected chi connectivity index (χ2v) is 6.68. The standard InChI is InChI=1S/C19H21N3O2S/c1-12(2)13-7-9-14(10-8-13)21-19(25)22-11-17(18(20)23)24-16-6-4-3-5-15(16)22/h3-10,12,17H,11H2,1-2H3,(H2,20,23)(H,21,25)/t17-/m1/s1. The number of rotatable bonds is 3. The summed E-state index contributed by atoms with van der Waals surface area (Å²) >= 11 is 5.56. The minimum Gasteiger partial charge on any atom is -0.477 e. The SMILES string of the molecule is CC(C)c1ccc(NC(=S)N2C[C@H](C(N)=O)Oc3ccccc32)cc1. The zero-order valence-corrected chi connectivity index (χ0v) is 15.0.